The van der Waals surface area contributed by atoms with Crippen molar-refractivity contribution < 1.29 is 42.9 Å². The number of esters is 2. The smallest absolute Gasteiger partial charge is 0.361 e. The number of ether oxygens (including phenoxy) is 4. The largest absolute Gasteiger partial charge is 0.477 e. The number of aliphatic carboxylic acids is 1. The van der Waals surface area contributed by atoms with Crippen LogP contribution in [-0.2, 0) is 33.3 Å². The van der Waals surface area contributed by atoms with Crippen LogP contribution in [-0.4, -0.2) is 87.4 Å². The third-order valence-electron chi connectivity index (χ3n) is 10.0. The van der Waals surface area contributed by atoms with Gasteiger partial charge in [0.25, 0.3) is 6.29 Å². The lowest BCUT2D eigenvalue weighted by molar-refractivity contribution is -0.870. The Kier molecular flexibility index (Phi) is 40.5. The van der Waals surface area contributed by atoms with Gasteiger partial charge in [0.05, 0.1) is 34.4 Å². The Bertz CT molecular complexity index is 1170. The summed E-state index contributed by atoms with van der Waals surface area (Å²) < 4.78 is 22.7. The van der Waals surface area contributed by atoms with Gasteiger partial charge in [-0.05, 0) is 57.8 Å². The molecule has 0 aromatic carbocycles. The van der Waals surface area contributed by atoms with Crippen molar-refractivity contribution in [3.8, 4) is 0 Å². The summed E-state index contributed by atoms with van der Waals surface area (Å²) in [4.78, 5) is 37.0. The number of allylic oxidation sites excluding steroid dienone is 10. The van der Waals surface area contributed by atoms with E-state index in [0.717, 1.165) is 70.6 Å². The highest BCUT2D eigenvalue weighted by molar-refractivity contribution is 5.71. The van der Waals surface area contributed by atoms with Gasteiger partial charge >= 0.3 is 17.9 Å². The van der Waals surface area contributed by atoms with Crippen LogP contribution < -0.4 is 0 Å². The second kappa shape index (κ2) is 42.7. The molecule has 0 amide bonds. The Hall–Kier alpha value is -3.01. The van der Waals surface area contributed by atoms with E-state index < -0.39 is 24.3 Å². The first-order chi connectivity index (χ1) is 29.1. The number of carboxylic acid groups (broad SMARTS) is 1. The number of quaternary nitrogens is 1. The van der Waals surface area contributed by atoms with Gasteiger partial charge in [-0.1, -0.05) is 177 Å². The molecule has 0 heterocycles. The van der Waals surface area contributed by atoms with E-state index in [1.807, 2.05) is 21.1 Å². The van der Waals surface area contributed by atoms with Gasteiger partial charge in [-0.25, -0.2) is 4.79 Å². The van der Waals surface area contributed by atoms with E-state index in [4.69, 9.17) is 18.9 Å². The molecule has 0 spiro atoms. The molecular formula is C51H90NO8+. The van der Waals surface area contributed by atoms with Crippen LogP contribution in [0.5, 0.6) is 0 Å². The van der Waals surface area contributed by atoms with E-state index in [1.54, 1.807) is 0 Å². The maximum atomic E-state index is 12.8. The summed E-state index contributed by atoms with van der Waals surface area (Å²) in [6.07, 6.45) is 48.7. The molecule has 2 atom stereocenters. The maximum Gasteiger partial charge on any atom is 0.361 e. The summed E-state index contributed by atoms with van der Waals surface area (Å²) in [5, 5.41) is 9.62. The molecule has 0 aliphatic rings. The molecule has 2 unspecified atom stereocenters. The van der Waals surface area contributed by atoms with Gasteiger partial charge in [-0.2, -0.15) is 0 Å². The molecule has 9 heteroatoms. The van der Waals surface area contributed by atoms with Gasteiger partial charge in [0.1, 0.15) is 13.2 Å². The zero-order valence-corrected chi connectivity index (χ0v) is 39.1. The van der Waals surface area contributed by atoms with Gasteiger partial charge in [0.2, 0.25) is 0 Å². The molecule has 0 saturated heterocycles. The first kappa shape index (κ1) is 57.0. The van der Waals surface area contributed by atoms with Crippen molar-refractivity contribution in [1.82, 2.24) is 0 Å². The molecule has 0 aromatic heterocycles. The molecule has 0 radical (unpaired) electrons. The predicted octanol–water partition coefficient (Wildman–Crippen LogP) is 12.9. The van der Waals surface area contributed by atoms with E-state index in [9.17, 15) is 19.5 Å². The number of nitrogens with zero attached hydrogens (tertiary/aromatic N) is 1. The third kappa shape index (κ3) is 43.1. The van der Waals surface area contributed by atoms with Crippen molar-refractivity contribution in [2.45, 2.75) is 200 Å². The number of unbranched alkanes of at least 4 members (excludes halogenated alkanes) is 18. The van der Waals surface area contributed by atoms with Gasteiger partial charge in [0.15, 0.2) is 6.10 Å². The first-order valence-corrected chi connectivity index (χ1v) is 24.0. The fraction of sp³-hybridized carbons (Fsp3) is 0.745. The minimum absolute atomic E-state index is 0.183. The van der Waals surface area contributed by atoms with Crippen LogP contribution in [0.25, 0.3) is 0 Å². The monoisotopic (exact) mass is 845 g/mol. The SMILES string of the molecule is CC/C=C\C/C=C\C/C=C\C/C=C\C/C=C\CCCCCCCCCCCCCC(=O)OC(COC(=O)CCCCCCCCCC)COC(OCC[N+](C)(C)C)C(=O)O. The number of carbonyl (C=O) groups is 3. The predicted molar refractivity (Wildman–Crippen MR) is 249 cm³/mol. The molecule has 1 N–H and O–H groups in total. The summed E-state index contributed by atoms with van der Waals surface area (Å²) in [5.41, 5.74) is 0. The lowest BCUT2D eigenvalue weighted by Gasteiger charge is -2.25. The van der Waals surface area contributed by atoms with Crippen molar-refractivity contribution in [2.75, 3.05) is 47.5 Å². The Balaban J connectivity index is 4.21. The summed E-state index contributed by atoms with van der Waals surface area (Å²) in [7, 11) is 5.95. The molecular weight excluding hydrogens is 755 g/mol. The molecule has 0 saturated carbocycles. The van der Waals surface area contributed by atoms with E-state index in [-0.39, 0.29) is 32.2 Å². The minimum atomic E-state index is -1.51. The van der Waals surface area contributed by atoms with Crippen LogP contribution in [0.4, 0.5) is 0 Å². The molecule has 9 nitrogen and oxygen atoms in total. The number of carbonyl (C=O) groups excluding carboxylic acids is 2. The van der Waals surface area contributed by atoms with Gasteiger partial charge in [0, 0.05) is 12.8 Å². The summed E-state index contributed by atoms with van der Waals surface area (Å²) in [5.74, 6) is -2.02. The van der Waals surface area contributed by atoms with Crippen LogP contribution in [0.2, 0.25) is 0 Å². The Morgan fingerprint density at radius 1 is 0.517 bits per heavy atom. The van der Waals surface area contributed by atoms with E-state index in [1.165, 1.54) is 83.5 Å². The fourth-order valence-corrected chi connectivity index (χ4v) is 6.33. The van der Waals surface area contributed by atoms with Gasteiger partial charge < -0.3 is 28.5 Å². The lowest BCUT2D eigenvalue weighted by Crippen LogP contribution is -2.40. The molecule has 0 aromatic rings. The topological polar surface area (TPSA) is 108 Å². The summed E-state index contributed by atoms with van der Waals surface area (Å²) in [6.45, 7) is 4.71. The molecule has 0 aliphatic heterocycles. The molecule has 0 rings (SSSR count). The van der Waals surface area contributed by atoms with E-state index in [0.29, 0.717) is 23.9 Å². The van der Waals surface area contributed by atoms with Crippen LogP contribution in [0.1, 0.15) is 187 Å². The standard InChI is InChI=1S/C51H89NO8/c1-6-8-10-12-14-16-17-18-19-20-21-22-23-24-25-26-27-28-29-30-31-32-33-34-36-38-40-42-49(54)60-47(46-59-51(50(55)56)57-44-43-52(3,4)5)45-58-48(53)41-39-37-35-15-13-11-9-7-2/h8,10,14,16,18-19,21-22,24-25,47,51H,6-7,9,11-13,15,17,20,23,26-46H2,1-5H3/p+1/b10-8-,16-14-,19-18-,22-21-,25-24-. The Labute approximate surface area is 367 Å². The highest BCUT2D eigenvalue weighted by Gasteiger charge is 2.25. The van der Waals surface area contributed by atoms with Gasteiger partial charge in [-0.15, -0.1) is 0 Å². The molecule has 346 valence electrons. The quantitative estimate of drug-likeness (QED) is 0.0212. The highest BCUT2D eigenvalue weighted by Crippen LogP contribution is 2.14. The number of hydrogen-bond donors (Lipinski definition) is 1. The molecule has 60 heavy (non-hydrogen) atoms. The fourth-order valence-electron chi connectivity index (χ4n) is 6.33. The Morgan fingerprint density at radius 2 is 0.950 bits per heavy atom. The number of likely N-dealkylation sites (N-methyl/N-ethyl adjacent to an activating group) is 1. The maximum absolute atomic E-state index is 12.8. The normalized spacial score (nSPS) is 13.4. The summed E-state index contributed by atoms with van der Waals surface area (Å²) >= 11 is 0. The number of hydrogen-bond acceptors (Lipinski definition) is 7. The van der Waals surface area contributed by atoms with Crippen LogP contribution in [0, 0.1) is 0 Å². The second-order valence-corrected chi connectivity index (χ2v) is 17.0. The minimum Gasteiger partial charge on any atom is -0.477 e. The van der Waals surface area contributed by atoms with Crippen molar-refractivity contribution >= 4 is 17.9 Å². The van der Waals surface area contributed by atoms with Gasteiger partial charge in [-0.3, -0.25) is 9.59 Å². The second-order valence-electron chi connectivity index (χ2n) is 17.0. The number of carboxylic acids is 1. The molecule has 0 fully saturated rings. The first-order valence-electron chi connectivity index (χ1n) is 24.0. The van der Waals surface area contributed by atoms with Crippen LogP contribution in [0.3, 0.4) is 0 Å². The summed E-state index contributed by atoms with van der Waals surface area (Å²) in [6, 6.07) is 0. The van der Waals surface area contributed by atoms with Crippen LogP contribution in [0.15, 0.2) is 60.8 Å². The van der Waals surface area contributed by atoms with Crippen LogP contribution >= 0.6 is 0 Å². The zero-order valence-electron chi connectivity index (χ0n) is 39.1. The van der Waals surface area contributed by atoms with Crippen molar-refractivity contribution in [3.63, 3.8) is 0 Å². The van der Waals surface area contributed by atoms with E-state index in [2.05, 4.69) is 74.6 Å². The highest BCUT2D eigenvalue weighted by atomic mass is 16.7. The zero-order chi connectivity index (χ0) is 44.2. The number of rotatable bonds is 43. The molecule has 0 bridgehead atoms. The Morgan fingerprint density at radius 3 is 1.42 bits per heavy atom. The van der Waals surface area contributed by atoms with Crippen molar-refractivity contribution in [1.29, 1.82) is 0 Å². The molecule has 0 aliphatic carbocycles. The lowest BCUT2D eigenvalue weighted by atomic mass is 10.0. The van der Waals surface area contributed by atoms with Crippen molar-refractivity contribution in [3.05, 3.63) is 60.8 Å². The average Bonchev–Trinajstić information content (AvgIpc) is 3.21. The average molecular weight is 845 g/mol. The third-order valence-corrected chi connectivity index (χ3v) is 10.0. The van der Waals surface area contributed by atoms with Crippen molar-refractivity contribution in [2.24, 2.45) is 0 Å². The van der Waals surface area contributed by atoms with E-state index >= 15 is 0 Å².